The molecule has 1 atom stereocenters. The van der Waals surface area contributed by atoms with Crippen molar-refractivity contribution < 1.29 is 9.53 Å². The summed E-state index contributed by atoms with van der Waals surface area (Å²) in [4.78, 5) is 10.9. The second-order valence-corrected chi connectivity index (χ2v) is 2.32. The summed E-state index contributed by atoms with van der Waals surface area (Å²) in [5.74, 6) is 0.257. The molecule has 1 unspecified atom stereocenters. The maximum Gasteiger partial charge on any atom is 0.161 e. The van der Waals surface area contributed by atoms with Crippen LogP contribution in [0.5, 0.6) is 0 Å². The zero-order chi connectivity index (χ0) is 6.69. The van der Waals surface area contributed by atoms with Gasteiger partial charge in [-0.15, -0.1) is 0 Å². The minimum atomic E-state index is -0.0602. The number of hydrogen-bond acceptors (Lipinski definition) is 2. The van der Waals surface area contributed by atoms with Crippen molar-refractivity contribution in [3.63, 3.8) is 0 Å². The van der Waals surface area contributed by atoms with Gasteiger partial charge in [0.25, 0.3) is 0 Å². The van der Waals surface area contributed by atoms with Crippen LogP contribution in [-0.4, -0.2) is 18.5 Å². The standard InChI is InChI=1S/C7H12O2/c1-2-6(8)7-4-3-5-9-7/h7H,2-5H2,1H3. The third-order valence-corrected chi connectivity index (χ3v) is 1.64. The van der Waals surface area contributed by atoms with E-state index in [0.29, 0.717) is 6.42 Å². The van der Waals surface area contributed by atoms with Crippen LogP contribution in [0.25, 0.3) is 0 Å². The fourth-order valence-corrected chi connectivity index (χ4v) is 1.06. The van der Waals surface area contributed by atoms with Crippen molar-refractivity contribution in [2.45, 2.75) is 32.3 Å². The third kappa shape index (κ3) is 1.52. The third-order valence-electron chi connectivity index (χ3n) is 1.64. The lowest BCUT2D eigenvalue weighted by Crippen LogP contribution is -2.17. The number of ketones is 1. The number of carbonyl (C=O) groups excluding carboxylic acids is 1. The largest absolute Gasteiger partial charge is 0.370 e. The van der Waals surface area contributed by atoms with Gasteiger partial charge in [0.1, 0.15) is 6.10 Å². The molecule has 0 aromatic heterocycles. The summed E-state index contributed by atoms with van der Waals surface area (Å²) in [7, 11) is 0. The summed E-state index contributed by atoms with van der Waals surface area (Å²) in [5.41, 5.74) is 0. The Morgan fingerprint density at radius 2 is 2.56 bits per heavy atom. The first-order valence-electron chi connectivity index (χ1n) is 3.49. The van der Waals surface area contributed by atoms with Gasteiger partial charge < -0.3 is 4.74 Å². The molecule has 0 spiro atoms. The highest BCUT2D eigenvalue weighted by atomic mass is 16.5. The van der Waals surface area contributed by atoms with Crippen molar-refractivity contribution in [2.75, 3.05) is 6.61 Å². The van der Waals surface area contributed by atoms with Crippen LogP contribution in [0.2, 0.25) is 0 Å². The highest BCUT2D eigenvalue weighted by Gasteiger charge is 2.21. The van der Waals surface area contributed by atoms with Gasteiger partial charge in [-0.1, -0.05) is 6.92 Å². The molecule has 0 aromatic rings. The highest BCUT2D eigenvalue weighted by molar-refractivity contribution is 5.82. The number of ether oxygens (including phenoxy) is 1. The smallest absolute Gasteiger partial charge is 0.161 e. The predicted molar refractivity (Wildman–Crippen MR) is 34.3 cm³/mol. The van der Waals surface area contributed by atoms with Crippen LogP contribution in [0.4, 0.5) is 0 Å². The Labute approximate surface area is 55.2 Å². The van der Waals surface area contributed by atoms with Crippen molar-refractivity contribution in [3.8, 4) is 0 Å². The molecule has 0 amide bonds. The minimum Gasteiger partial charge on any atom is -0.370 e. The normalized spacial score (nSPS) is 26.6. The molecule has 1 saturated heterocycles. The summed E-state index contributed by atoms with van der Waals surface area (Å²) < 4.78 is 5.16. The molecule has 0 bridgehead atoms. The molecular weight excluding hydrogens is 116 g/mol. The van der Waals surface area contributed by atoms with E-state index in [9.17, 15) is 4.79 Å². The van der Waals surface area contributed by atoms with E-state index in [1.54, 1.807) is 0 Å². The van der Waals surface area contributed by atoms with Gasteiger partial charge in [0.2, 0.25) is 0 Å². The molecule has 9 heavy (non-hydrogen) atoms. The van der Waals surface area contributed by atoms with Crippen LogP contribution < -0.4 is 0 Å². The topological polar surface area (TPSA) is 26.3 Å². The van der Waals surface area contributed by atoms with Gasteiger partial charge in [-0.25, -0.2) is 0 Å². The lowest BCUT2D eigenvalue weighted by Gasteiger charge is -2.03. The first kappa shape index (κ1) is 6.75. The zero-order valence-electron chi connectivity index (χ0n) is 5.72. The van der Waals surface area contributed by atoms with Crippen LogP contribution in [0, 0.1) is 0 Å². The van der Waals surface area contributed by atoms with E-state index in [1.165, 1.54) is 0 Å². The Morgan fingerprint density at radius 1 is 1.78 bits per heavy atom. The van der Waals surface area contributed by atoms with E-state index in [0.717, 1.165) is 19.4 Å². The first-order chi connectivity index (χ1) is 4.34. The molecule has 2 heteroatoms. The number of rotatable bonds is 2. The summed E-state index contributed by atoms with van der Waals surface area (Å²) in [6.07, 6.45) is 2.54. The van der Waals surface area contributed by atoms with E-state index in [1.807, 2.05) is 6.92 Å². The molecule has 0 aromatic carbocycles. The molecule has 0 N–H and O–H groups in total. The van der Waals surface area contributed by atoms with Gasteiger partial charge in [-0.3, -0.25) is 4.79 Å². The van der Waals surface area contributed by atoms with E-state index >= 15 is 0 Å². The van der Waals surface area contributed by atoms with Crippen molar-refractivity contribution in [1.29, 1.82) is 0 Å². The van der Waals surface area contributed by atoms with Gasteiger partial charge in [0.15, 0.2) is 5.78 Å². The van der Waals surface area contributed by atoms with Gasteiger partial charge in [-0.05, 0) is 12.8 Å². The molecule has 0 aliphatic carbocycles. The molecular formula is C7H12O2. The molecule has 0 saturated carbocycles. The van der Waals surface area contributed by atoms with Gasteiger partial charge in [-0.2, -0.15) is 0 Å². The molecule has 2 nitrogen and oxygen atoms in total. The Kier molecular flexibility index (Phi) is 2.22. The van der Waals surface area contributed by atoms with Crippen LogP contribution in [0.15, 0.2) is 0 Å². The quantitative estimate of drug-likeness (QED) is 0.557. The van der Waals surface area contributed by atoms with E-state index in [-0.39, 0.29) is 11.9 Å². The fourth-order valence-electron chi connectivity index (χ4n) is 1.06. The van der Waals surface area contributed by atoms with Crippen molar-refractivity contribution >= 4 is 5.78 Å². The number of Topliss-reactive ketones (excluding diaryl/α,β-unsaturated/α-hetero) is 1. The summed E-state index contributed by atoms with van der Waals surface area (Å²) in [6, 6.07) is 0. The second kappa shape index (κ2) is 2.97. The average molecular weight is 128 g/mol. The number of hydrogen-bond donors (Lipinski definition) is 0. The summed E-state index contributed by atoms with van der Waals surface area (Å²) >= 11 is 0. The molecule has 1 rings (SSSR count). The average Bonchev–Trinajstić information content (AvgIpc) is 2.37. The molecule has 0 radical (unpaired) electrons. The minimum absolute atomic E-state index is 0.0602. The predicted octanol–water partition coefficient (Wildman–Crippen LogP) is 1.14. The Hall–Kier alpha value is -0.370. The maximum atomic E-state index is 10.9. The van der Waals surface area contributed by atoms with Crippen molar-refractivity contribution in [1.82, 2.24) is 0 Å². The first-order valence-corrected chi connectivity index (χ1v) is 3.49. The lowest BCUT2D eigenvalue weighted by molar-refractivity contribution is -0.127. The van der Waals surface area contributed by atoms with Crippen LogP contribution in [0.3, 0.4) is 0 Å². The van der Waals surface area contributed by atoms with Gasteiger partial charge in [0.05, 0.1) is 0 Å². The zero-order valence-corrected chi connectivity index (χ0v) is 5.72. The Balaban J connectivity index is 2.32. The van der Waals surface area contributed by atoms with Crippen LogP contribution >= 0.6 is 0 Å². The molecule has 1 heterocycles. The number of carbonyl (C=O) groups is 1. The fraction of sp³-hybridized carbons (Fsp3) is 0.857. The SMILES string of the molecule is CCC(=O)C1CCCO1. The van der Waals surface area contributed by atoms with Gasteiger partial charge in [0, 0.05) is 13.0 Å². The van der Waals surface area contributed by atoms with Gasteiger partial charge >= 0.3 is 0 Å². The molecule has 1 aliphatic heterocycles. The van der Waals surface area contributed by atoms with Crippen LogP contribution in [-0.2, 0) is 9.53 Å². The molecule has 52 valence electrons. The maximum absolute atomic E-state index is 10.9. The van der Waals surface area contributed by atoms with E-state index < -0.39 is 0 Å². The Bertz CT molecular complexity index is 103. The lowest BCUT2D eigenvalue weighted by atomic mass is 10.1. The summed E-state index contributed by atoms with van der Waals surface area (Å²) in [5, 5.41) is 0. The van der Waals surface area contributed by atoms with Crippen molar-refractivity contribution in [3.05, 3.63) is 0 Å². The molecule has 1 aliphatic rings. The monoisotopic (exact) mass is 128 g/mol. The second-order valence-electron chi connectivity index (χ2n) is 2.32. The summed E-state index contributed by atoms with van der Waals surface area (Å²) in [6.45, 7) is 2.65. The van der Waals surface area contributed by atoms with E-state index in [2.05, 4.69) is 0 Å². The Morgan fingerprint density at radius 3 is 3.00 bits per heavy atom. The molecule has 1 fully saturated rings. The highest BCUT2D eigenvalue weighted by Crippen LogP contribution is 2.13. The van der Waals surface area contributed by atoms with Crippen LogP contribution in [0.1, 0.15) is 26.2 Å². The van der Waals surface area contributed by atoms with Crippen molar-refractivity contribution in [2.24, 2.45) is 0 Å². The van der Waals surface area contributed by atoms with E-state index in [4.69, 9.17) is 4.74 Å².